The number of ether oxygens (including phenoxy) is 1. The number of aryl methyl sites for hydroxylation is 1. The Morgan fingerprint density at radius 1 is 1.33 bits per heavy atom. The summed E-state index contributed by atoms with van der Waals surface area (Å²) >= 11 is 3.37. The molecule has 4 nitrogen and oxygen atoms in total. The Kier molecular flexibility index (Phi) is 3.47. The summed E-state index contributed by atoms with van der Waals surface area (Å²) in [5, 5.41) is 0. The van der Waals surface area contributed by atoms with Crippen LogP contribution in [0, 0.1) is 12.7 Å². The van der Waals surface area contributed by atoms with Crippen LogP contribution in [0.4, 0.5) is 10.2 Å². The summed E-state index contributed by atoms with van der Waals surface area (Å²) in [4.78, 5) is 8.00. The lowest BCUT2D eigenvalue weighted by Gasteiger charge is -2.07. The lowest BCUT2D eigenvalue weighted by molar-refractivity contribution is 0.412. The molecule has 0 atom stereocenters. The van der Waals surface area contributed by atoms with Gasteiger partial charge in [0.15, 0.2) is 17.5 Å². The molecule has 1 aromatic carbocycles. The fraction of sp³-hybridized carbons (Fsp3) is 0.167. The molecule has 0 fully saturated rings. The summed E-state index contributed by atoms with van der Waals surface area (Å²) in [6.45, 7) is 1.55. The van der Waals surface area contributed by atoms with Gasteiger partial charge in [-0.2, -0.15) is 0 Å². The minimum absolute atomic E-state index is 0.149. The van der Waals surface area contributed by atoms with Gasteiger partial charge in [0, 0.05) is 5.56 Å². The molecule has 0 aliphatic heterocycles. The summed E-state index contributed by atoms with van der Waals surface area (Å²) in [5.74, 6) is 0.357. The van der Waals surface area contributed by atoms with Crippen LogP contribution in [-0.2, 0) is 0 Å². The number of halogens is 2. The van der Waals surface area contributed by atoms with Gasteiger partial charge >= 0.3 is 0 Å². The fourth-order valence-corrected chi connectivity index (χ4v) is 2.06. The highest BCUT2D eigenvalue weighted by Gasteiger charge is 2.11. The van der Waals surface area contributed by atoms with Gasteiger partial charge in [0.05, 0.1) is 17.3 Å². The van der Waals surface area contributed by atoms with Gasteiger partial charge in [0.1, 0.15) is 5.75 Å². The van der Waals surface area contributed by atoms with E-state index >= 15 is 0 Å². The number of nitrogens with two attached hydrogens (primary N) is 1. The number of hydrogen-bond acceptors (Lipinski definition) is 4. The van der Waals surface area contributed by atoms with E-state index in [2.05, 4.69) is 25.9 Å². The molecule has 2 rings (SSSR count). The van der Waals surface area contributed by atoms with Crippen molar-refractivity contribution in [3.8, 4) is 17.1 Å². The second-order valence-corrected chi connectivity index (χ2v) is 4.54. The Hall–Kier alpha value is -1.69. The lowest BCUT2D eigenvalue weighted by atomic mass is 10.2. The third kappa shape index (κ3) is 2.28. The summed E-state index contributed by atoms with van der Waals surface area (Å²) in [6, 6.07) is 5.36. The molecule has 0 aliphatic carbocycles. The zero-order chi connectivity index (χ0) is 13.3. The Morgan fingerprint density at radius 3 is 2.61 bits per heavy atom. The van der Waals surface area contributed by atoms with Crippen molar-refractivity contribution >= 4 is 21.7 Å². The molecule has 18 heavy (non-hydrogen) atoms. The van der Waals surface area contributed by atoms with Crippen molar-refractivity contribution in [1.29, 1.82) is 0 Å². The minimum Gasteiger partial charge on any atom is -0.496 e. The van der Waals surface area contributed by atoms with Gasteiger partial charge in [0.25, 0.3) is 0 Å². The highest BCUT2D eigenvalue weighted by atomic mass is 79.9. The molecule has 0 saturated carbocycles. The third-order valence-corrected chi connectivity index (χ3v) is 3.07. The van der Waals surface area contributed by atoms with E-state index in [1.807, 2.05) is 0 Å². The first-order valence-corrected chi connectivity index (χ1v) is 5.95. The van der Waals surface area contributed by atoms with Gasteiger partial charge in [-0.15, -0.1) is 0 Å². The molecule has 2 N–H and O–H groups in total. The summed E-state index contributed by atoms with van der Waals surface area (Å²) in [7, 11) is 1.58. The third-order valence-electron chi connectivity index (χ3n) is 2.45. The topological polar surface area (TPSA) is 61.0 Å². The second kappa shape index (κ2) is 4.89. The first kappa shape index (κ1) is 12.8. The van der Waals surface area contributed by atoms with Crippen molar-refractivity contribution in [3.05, 3.63) is 34.2 Å². The molecule has 6 heteroatoms. The smallest absolute Gasteiger partial charge is 0.186 e. The van der Waals surface area contributed by atoms with Crippen molar-refractivity contribution < 1.29 is 9.13 Å². The van der Waals surface area contributed by atoms with E-state index in [0.29, 0.717) is 11.6 Å². The Morgan fingerprint density at radius 2 is 2.06 bits per heavy atom. The molecule has 0 radical (unpaired) electrons. The van der Waals surface area contributed by atoms with Crippen LogP contribution in [0.25, 0.3) is 11.4 Å². The van der Waals surface area contributed by atoms with Gasteiger partial charge in [0.2, 0.25) is 0 Å². The molecule has 0 amide bonds. The predicted molar refractivity (Wildman–Crippen MR) is 70.8 cm³/mol. The number of nitrogen functional groups attached to an aromatic ring is 1. The molecule has 0 saturated heterocycles. The first-order chi connectivity index (χ1) is 8.52. The normalized spacial score (nSPS) is 10.4. The molecule has 0 aliphatic rings. The molecular formula is C12H11BrFN3O. The molecule has 2 aromatic rings. The highest BCUT2D eigenvalue weighted by Crippen LogP contribution is 2.29. The average molecular weight is 312 g/mol. The first-order valence-electron chi connectivity index (χ1n) is 5.16. The number of rotatable bonds is 2. The molecular weight excluding hydrogens is 301 g/mol. The number of benzene rings is 1. The maximum Gasteiger partial charge on any atom is 0.186 e. The van der Waals surface area contributed by atoms with E-state index in [9.17, 15) is 4.39 Å². The number of nitrogens with zero attached hydrogens (tertiary/aromatic N) is 2. The van der Waals surface area contributed by atoms with Crippen LogP contribution in [0.15, 0.2) is 22.7 Å². The molecule has 0 unspecified atom stereocenters. The highest BCUT2D eigenvalue weighted by molar-refractivity contribution is 9.10. The SMILES string of the molecule is COc1ccc(-c2nc(C)c(F)c(N)n2)cc1Br. The molecule has 94 valence electrons. The zero-order valence-corrected chi connectivity index (χ0v) is 11.5. The summed E-state index contributed by atoms with van der Waals surface area (Å²) in [6.07, 6.45) is 0. The Balaban J connectivity index is 2.52. The minimum atomic E-state index is -0.577. The van der Waals surface area contributed by atoms with E-state index in [-0.39, 0.29) is 11.5 Å². The largest absolute Gasteiger partial charge is 0.496 e. The van der Waals surface area contributed by atoms with Crippen LogP contribution in [0.2, 0.25) is 0 Å². The van der Waals surface area contributed by atoms with Crippen LogP contribution in [0.5, 0.6) is 5.75 Å². The van der Waals surface area contributed by atoms with Crippen molar-refractivity contribution in [1.82, 2.24) is 9.97 Å². The lowest BCUT2D eigenvalue weighted by Crippen LogP contribution is -2.03. The summed E-state index contributed by atoms with van der Waals surface area (Å²) in [5.41, 5.74) is 6.45. The molecule has 1 aromatic heterocycles. The maximum atomic E-state index is 13.3. The van der Waals surface area contributed by atoms with E-state index in [1.54, 1.807) is 32.2 Å². The predicted octanol–water partition coefficient (Wildman–Crippen LogP) is 2.94. The fourth-order valence-electron chi connectivity index (χ4n) is 1.52. The number of aromatic nitrogens is 2. The zero-order valence-electron chi connectivity index (χ0n) is 9.87. The van der Waals surface area contributed by atoms with Gasteiger partial charge in [-0.1, -0.05) is 0 Å². The van der Waals surface area contributed by atoms with E-state index in [4.69, 9.17) is 10.5 Å². The number of hydrogen-bond donors (Lipinski definition) is 1. The summed E-state index contributed by atoms with van der Waals surface area (Å²) < 4.78 is 19.2. The van der Waals surface area contributed by atoms with Crippen LogP contribution < -0.4 is 10.5 Å². The van der Waals surface area contributed by atoms with E-state index in [1.165, 1.54) is 0 Å². The van der Waals surface area contributed by atoms with Crippen LogP contribution in [0.1, 0.15) is 5.69 Å². The van der Waals surface area contributed by atoms with Crippen LogP contribution in [-0.4, -0.2) is 17.1 Å². The maximum absolute atomic E-state index is 13.3. The Labute approximate surface area is 112 Å². The van der Waals surface area contributed by atoms with Crippen molar-refractivity contribution in [3.63, 3.8) is 0 Å². The second-order valence-electron chi connectivity index (χ2n) is 3.68. The van der Waals surface area contributed by atoms with Crippen molar-refractivity contribution in [2.24, 2.45) is 0 Å². The monoisotopic (exact) mass is 311 g/mol. The van der Waals surface area contributed by atoms with Gasteiger partial charge in [-0.05, 0) is 41.1 Å². The molecule has 1 heterocycles. The van der Waals surface area contributed by atoms with Gasteiger partial charge in [-0.25, -0.2) is 14.4 Å². The molecule has 0 spiro atoms. The average Bonchev–Trinajstić information content (AvgIpc) is 2.35. The standard InChI is InChI=1S/C12H11BrFN3O/c1-6-10(14)11(15)17-12(16-6)7-3-4-9(18-2)8(13)5-7/h3-5H,1-2H3,(H2,15,16,17). The van der Waals surface area contributed by atoms with Gasteiger partial charge in [-0.3, -0.25) is 0 Å². The van der Waals surface area contributed by atoms with Crippen molar-refractivity contribution in [2.75, 3.05) is 12.8 Å². The Bertz CT molecular complexity index is 581. The van der Waals surface area contributed by atoms with E-state index < -0.39 is 5.82 Å². The van der Waals surface area contributed by atoms with E-state index in [0.717, 1.165) is 10.0 Å². The number of anilines is 1. The van der Waals surface area contributed by atoms with Crippen LogP contribution >= 0.6 is 15.9 Å². The van der Waals surface area contributed by atoms with Crippen LogP contribution in [0.3, 0.4) is 0 Å². The molecule has 0 bridgehead atoms. The quantitative estimate of drug-likeness (QED) is 0.926. The van der Waals surface area contributed by atoms with Gasteiger partial charge < -0.3 is 10.5 Å². The van der Waals surface area contributed by atoms with Crippen molar-refractivity contribution in [2.45, 2.75) is 6.92 Å². The number of methoxy groups -OCH3 is 1.